The lowest BCUT2D eigenvalue weighted by Crippen LogP contribution is -1.97. The highest BCUT2D eigenvalue weighted by Crippen LogP contribution is 1.79. The molecule has 114 valence electrons. The second kappa shape index (κ2) is 36.0. The van der Waals surface area contributed by atoms with E-state index in [1.54, 1.807) is 0 Å². The summed E-state index contributed by atoms with van der Waals surface area (Å²) in [4.78, 5) is 9.74. The summed E-state index contributed by atoms with van der Waals surface area (Å²) in [5.41, 5.74) is 0. The number of methoxy groups -OCH3 is 2. The SMILES string of the molecule is CC.CC.CCC.COC(=O)OC.c1ccccc1. The lowest BCUT2D eigenvalue weighted by molar-refractivity contribution is 0.0924. The van der Waals surface area contributed by atoms with Crippen molar-refractivity contribution in [1.29, 1.82) is 0 Å². The Kier molecular flexibility index (Phi) is 49.5. The molecule has 0 amide bonds. The van der Waals surface area contributed by atoms with Gasteiger partial charge in [-0.3, -0.25) is 0 Å². The van der Waals surface area contributed by atoms with E-state index in [9.17, 15) is 4.79 Å². The lowest BCUT2D eigenvalue weighted by Gasteiger charge is -1.89. The minimum Gasteiger partial charge on any atom is -0.438 e. The summed E-state index contributed by atoms with van der Waals surface area (Å²) in [7, 11) is 2.51. The summed E-state index contributed by atoms with van der Waals surface area (Å²) in [6.45, 7) is 12.2. The van der Waals surface area contributed by atoms with Crippen LogP contribution < -0.4 is 0 Å². The Hall–Kier alpha value is -1.51. The molecular formula is C16H32O3. The van der Waals surface area contributed by atoms with Gasteiger partial charge in [-0.2, -0.15) is 0 Å². The maximum absolute atomic E-state index is 9.74. The third-order valence-electron chi connectivity index (χ3n) is 1.00. The van der Waals surface area contributed by atoms with E-state index in [1.807, 2.05) is 64.1 Å². The molecule has 3 nitrogen and oxygen atoms in total. The van der Waals surface area contributed by atoms with Crippen LogP contribution in [0.15, 0.2) is 36.4 Å². The molecule has 0 aromatic heterocycles. The van der Waals surface area contributed by atoms with Gasteiger partial charge in [-0.15, -0.1) is 0 Å². The number of benzene rings is 1. The number of hydrogen-bond donors (Lipinski definition) is 0. The Morgan fingerprint density at radius 2 is 0.895 bits per heavy atom. The topological polar surface area (TPSA) is 35.5 Å². The zero-order valence-electron chi connectivity index (χ0n) is 13.9. The minimum atomic E-state index is -0.657. The van der Waals surface area contributed by atoms with Crippen LogP contribution in [0.4, 0.5) is 4.79 Å². The van der Waals surface area contributed by atoms with Gasteiger partial charge in [0, 0.05) is 0 Å². The van der Waals surface area contributed by atoms with Crippen LogP contribution in [-0.4, -0.2) is 20.4 Å². The van der Waals surface area contributed by atoms with E-state index < -0.39 is 6.16 Å². The summed E-state index contributed by atoms with van der Waals surface area (Å²) >= 11 is 0. The Labute approximate surface area is 119 Å². The van der Waals surface area contributed by atoms with Gasteiger partial charge in [-0.25, -0.2) is 4.79 Å². The standard InChI is InChI=1S/C6H6.C3H6O3.C3H8.2C2H6/c1-2-4-6-5-3-1;1-5-3(4)6-2;1-3-2;2*1-2/h1-6H;1-2H3;3H2,1-2H3;2*1-2H3. The Balaban J connectivity index is -0.0000000817. The molecule has 0 aliphatic rings. The van der Waals surface area contributed by atoms with Crippen LogP contribution >= 0.6 is 0 Å². The van der Waals surface area contributed by atoms with Crippen molar-refractivity contribution >= 4 is 6.16 Å². The van der Waals surface area contributed by atoms with Gasteiger partial charge in [0.05, 0.1) is 14.2 Å². The van der Waals surface area contributed by atoms with E-state index in [1.165, 1.54) is 20.6 Å². The van der Waals surface area contributed by atoms with Gasteiger partial charge >= 0.3 is 6.16 Å². The van der Waals surface area contributed by atoms with Crippen molar-refractivity contribution in [3.05, 3.63) is 36.4 Å². The average molecular weight is 272 g/mol. The summed E-state index contributed by atoms with van der Waals surface area (Å²) in [6, 6.07) is 12.0. The first-order valence-electron chi connectivity index (χ1n) is 6.84. The van der Waals surface area contributed by atoms with Crippen molar-refractivity contribution in [2.75, 3.05) is 14.2 Å². The smallest absolute Gasteiger partial charge is 0.438 e. The largest absolute Gasteiger partial charge is 0.507 e. The van der Waals surface area contributed by atoms with Crippen LogP contribution in [0.3, 0.4) is 0 Å². The van der Waals surface area contributed by atoms with Crippen LogP contribution in [-0.2, 0) is 9.47 Å². The highest BCUT2D eigenvalue weighted by molar-refractivity contribution is 5.59. The molecule has 3 heteroatoms. The maximum atomic E-state index is 9.74. The van der Waals surface area contributed by atoms with Crippen LogP contribution in [0.2, 0.25) is 0 Å². The van der Waals surface area contributed by atoms with Crippen molar-refractivity contribution in [2.24, 2.45) is 0 Å². The first-order chi connectivity index (χ1) is 9.22. The molecule has 0 N–H and O–H groups in total. The summed E-state index contributed by atoms with van der Waals surface area (Å²) in [5.74, 6) is 0. The zero-order valence-corrected chi connectivity index (χ0v) is 13.9. The average Bonchev–Trinajstić information content (AvgIpc) is 2.53. The van der Waals surface area contributed by atoms with Crippen LogP contribution in [0.25, 0.3) is 0 Å². The number of ether oxygens (including phenoxy) is 2. The molecule has 0 radical (unpaired) electrons. The van der Waals surface area contributed by atoms with Crippen molar-refractivity contribution < 1.29 is 14.3 Å². The second-order valence-corrected chi connectivity index (χ2v) is 2.52. The summed E-state index contributed by atoms with van der Waals surface area (Å²) in [5, 5.41) is 0. The molecule has 1 aromatic rings. The molecule has 0 bridgehead atoms. The third-order valence-corrected chi connectivity index (χ3v) is 1.00. The number of rotatable bonds is 0. The quantitative estimate of drug-likeness (QED) is 0.580. The molecular weight excluding hydrogens is 240 g/mol. The molecule has 0 aliphatic carbocycles. The van der Waals surface area contributed by atoms with E-state index in [0.717, 1.165) is 0 Å². The normalized spacial score (nSPS) is 6.32. The third kappa shape index (κ3) is 48.0. The first kappa shape index (κ1) is 26.1. The van der Waals surface area contributed by atoms with Gasteiger partial charge in [0.1, 0.15) is 0 Å². The lowest BCUT2D eigenvalue weighted by atomic mass is 10.4. The van der Waals surface area contributed by atoms with E-state index >= 15 is 0 Å². The second-order valence-electron chi connectivity index (χ2n) is 2.52. The van der Waals surface area contributed by atoms with Gasteiger partial charge < -0.3 is 9.47 Å². The number of carbonyl (C=O) groups excluding carboxylic acids is 1. The van der Waals surface area contributed by atoms with Crippen LogP contribution in [0.5, 0.6) is 0 Å². The Morgan fingerprint density at radius 1 is 0.737 bits per heavy atom. The van der Waals surface area contributed by atoms with Gasteiger partial charge in [0.2, 0.25) is 0 Å². The summed E-state index contributed by atoms with van der Waals surface area (Å²) in [6.07, 6.45) is 0.593. The minimum absolute atomic E-state index is 0.657. The van der Waals surface area contributed by atoms with Gasteiger partial charge in [-0.05, 0) is 0 Å². The highest BCUT2D eigenvalue weighted by atomic mass is 16.7. The number of hydrogen-bond acceptors (Lipinski definition) is 3. The van der Waals surface area contributed by atoms with Gasteiger partial charge in [-0.1, -0.05) is 84.4 Å². The molecule has 0 heterocycles. The zero-order chi connectivity index (χ0) is 15.9. The van der Waals surface area contributed by atoms with Crippen molar-refractivity contribution in [2.45, 2.75) is 48.0 Å². The van der Waals surface area contributed by atoms with Gasteiger partial charge in [0.15, 0.2) is 0 Å². The molecule has 0 saturated heterocycles. The van der Waals surface area contributed by atoms with Crippen LogP contribution in [0, 0.1) is 0 Å². The van der Waals surface area contributed by atoms with E-state index in [-0.39, 0.29) is 0 Å². The van der Waals surface area contributed by atoms with Crippen molar-refractivity contribution in [3.63, 3.8) is 0 Å². The molecule has 0 spiro atoms. The van der Waals surface area contributed by atoms with E-state index in [4.69, 9.17) is 0 Å². The van der Waals surface area contributed by atoms with E-state index in [2.05, 4.69) is 23.3 Å². The Morgan fingerprint density at radius 3 is 0.947 bits per heavy atom. The van der Waals surface area contributed by atoms with Gasteiger partial charge in [0.25, 0.3) is 0 Å². The molecule has 1 rings (SSSR count). The summed E-state index contributed by atoms with van der Waals surface area (Å²) < 4.78 is 8.08. The predicted octanol–water partition coefficient (Wildman–Crippen LogP) is 5.55. The van der Waals surface area contributed by atoms with Crippen LogP contribution in [0.1, 0.15) is 48.0 Å². The fraction of sp³-hybridized carbons (Fsp3) is 0.562. The number of carbonyl (C=O) groups is 1. The molecule has 0 unspecified atom stereocenters. The molecule has 1 aromatic carbocycles. The maximum Gasteiger partial charge on any atom is 0.507 e. The highest BCUT2D eigenvalue weighted by Gasteiger charge is 1.88. The fourth-order valence-corrected chi connectivity index (χ4v) is 0.468. The van der Waals surface area contributed by atoms with E-state index in [0.29, 0.717) is 0 Å². The molecule has 0 fully saturated rings. The molecule has 19 heavy (non-hydrogen) atoms. The Bertz CT molecular complexity index is 178. The predicted molar refractivity (Wildman–Crippen MR) is 84.5 cm³/mol. The van der Waals surface area contributed by atoms with Crippen molar-refractivity contribution in [3.8, 4) is 0 Å². The monoisotopic (exact) mass is 272 g/mol. The molecule has 0 atom stereocenters. The molecule has 0 saturated carbocycles. The molecule has 0 aliphatic heterocycles. The van der Waals surface area contributed by atoms with Crippen molar-refractivity contribution in [1.82, 2.24) is 0 Å². The first-order valence-corrected chi connectivity index (χ1v) is 6.84. The fourth-order valence-electron chi connectivity index (χ4n) is 0.468.